The molecule has 2 unspecified atom stereocenters. The molecule has 0 aromatic carbocycles. The Bertz CT molecular complexity index is 547. The Hall–Kier alpha value is -1.14. The third-order valence-corrected chi connectivity index (χ3v) is 4.28. The van der Waals surface area contributed by atoms with Gasteiger partial charge in [0.15, 0.2) is 5.60 Å². The van der Waals surface area contributed by atoms with Crippen LogP contribution in [0.2, 0.25) is 0 Å². The summed E-state index contributed by atoms with van der Waals surface area (Å²) in [6, 6.07) is 3.64. The SMILES string of the molecule is CC1(C)CC(c2ccc(N)c(Br)n2)CC(C)(C(=O)O)O1. The first-order chi connectivity index (χ1) is 9.13. The molecule has 1 aliphatic heterocycles. The van der Waals surface area contributed by atoms with Gasteiger partial charge in [0.25, 0.3) is 0 Å². The Kier molecular flexibility index (Phi) is 3.81. The molecule has 20 heavy (non-hydrogen) atoms. The van der Waals surface area contributed by atoms with Crippen molar-refractivity contribution in [3.63, 3.8) is 0 Å². The number of carboxylic acids is 1. The largest absolute Gasteiger partial charge is 0.479 e. The first-order valence-electron chi connectivity index (χ1n) is 6.48. The number of hydrogen-bond donors (Lipinski definition) is 2. The lowest BCUT2D eigenvalue weighted by molar-refractivity contribution is -0.200. The van der Waals surface area contributed by atoms with E-state index in [2.05, 4.69) is 20.9 Å². The molecular weight excluding hydrogens is 324 g/mol. The lowest BCUT2D eigenvalue weighted by Gasteiger charge is -2.44. The normalized spacial score (nSPS) is 29.1. The number of anilines is 1. The third-order valence-electron chi connectivity index (χ3n) is 3.65. The van der Waals surface area contributed by atoms with Gasteiger partial charge in [-0.3, -0.25) is 0 Å². The van der Waals surface area contributed by atoms with Crippen molar-refractivity contribution in [2.75, 3.05) is 5.73 Å². The van der Waals surface area contributed by atoms with Crippen molar-refractivity contribution in [1.29, 1.82) is 0 Å². The van der Waals surface area contributed by atoms with Gasteiger partial charge in [0.05, 0.1) is 11.3 Å². The van der Waals surface area contributed by atoms with E-state index >= 15 is 0 Å². The van der Waals surface area contributed by atoms with Gasteiger partial charge in [-0.15, -0.1) is 0 Å². The molecule has 2 heterocycles. The maximum atomic E-state index is 11.5. The van der Waals surface area contributed by atoms with Crippen LogP contribution in [0.15, 0.2) is 16.7 Å². The summed E-state index contributed by atoms with van der Waals surface area (Å²) in [7, 11) is 0. The van der Waals surface area contributed by atoms with Gasteiger partial charge in [0.1, 0.15) is 4.60 Å². The van der Waals surface area contributed by atoms with Gasteiger partial charge in [0, 0.05) is 11.6 Å². The van der Waals surface area contributed by atoms with Gasteiger partial charge in [-0.25, -0.2) is 9.78 Å². The topological polar surface area (TPSA) is 85.4 Å². The quantitative estimate of drug-likeness (QED) is 0.807. The molecule has 3 N–H and O–H groups in total. The zero-order valence-electron chi connectivity index (χ0n) is 11.8. The van der Waals surface area contributed by atoms with Crippen molar-refractivity contribution < 1.29 is 14.6 Å². The van der Waals surface area contributed by atoms with Crippen molar-refractivity contribution in [3.05, 3.63) is 22.4 Å². The molecule has 1 aromatic rings. The fourth-order valence-corrected chi connectivity index (χ4v) is 3.19. The number of nitrogen functional groups attached to an aromatic ring is 1. The first-order valence-corrected chi connectivity index (χ1v) is 7.28. The number of carboxylic acid groups (broad SMARTS) is 1. The van der Waals surface area contributed by atoms with Crippen LogP contribution in [0.3, 0.4) is 0 Å². The van der Waals surface area contributed by atoms with Crippen molar-refractivity contribution in [1.82, 2.24) is 4.98 Å². The molecule has 0 bridgehead atoms. The zero-order valence-corrected chi connectivity index (χ0v) is 13.4. The standard InChI is InChI=1S/C14H19BrN2O3/c1-13(2)6-8(7-14(3,20-13)12(18)19)10-5-4-9(16)11(15)17-10/h4-5,8H,6-7,16H2,1-3H3,(H,18,19). The second-order valence-electron chi connectivity index (χ2n) is 6.12. The Labute approximate surface area is 126 Å². The summed E-state index contributed by atoms with van der Waals surface area (Å²) in [4.78, 5) is 15.9. The minimum atomic E-state index is -1.19. The predicted molar refractivity (Wildman–Crippen MR) is 79.5 cm³/mol. The summed E-state index contributed by atoms with van der Waals surface area (Å²) >= 11 is 3.31. The number of ether oxygens (including phenoxy) is 1. The molecule has 0 aliphatic carbocycles. The number of hydrogen-bond acceptors (Lipinski definition) is 4. The van der Waals surface area contributed by atoms with Crippen LogP contribution in [0.4, 0.5) is 5.69 Å². The van der Waals surface area contributed by atoms with Crippen LogP contribution in [-0.4, -0.2) is 27.3 Å². The van der Waals surface area contributed by atoms with Crippen LogP contribution in [0.25, 0.3) is 0 Å². The number of halogens is 1. The van der Waals surface area contributed by atoms with Crippen molar-refractivity contribution >= 4 is 27.6 Å². The minimum absolute atomic E-state index is 0.0248. The molecular formula is C14H19BrN2O3. The van der Waals surface area contributed by atoms with Crippen molar-refractivity contribution in [2.45, 2.75) is 50.7 Å². The van der Waals surface area contributed by atoms with Crippen LogP contribution >= 0.6 is 15.9 Å². The molecule has 1 fully saturated rings. The number of pyridine rings is 1. The number of aromatic nitrogens is 1. The van der Waals surface area contributed by atoms with Crippen LogP contribution in [-0.2, 0) is 9.53 Å². The van der Waals surface area contributed by atoms with Gasteiger partial charge in [0.2, 0.25) is 0 Å². The van der Waals surface area contributed by atoms with E-state index in [1.54, 1.807) is 13.0 Å². The Balaban J connectivity index is 2.35. The van der Waals surface area contributed by atoms with E-state index in [1.165, 1.54) is 0 Å². The van der Waals surface area contributed by atoms with E-state index in [0.29, 0.717) is 16.7 Å². The molecule has 0 amide bonds. The molecule has 0 saturated carbocycles. The summed E-state index contributed by atoms with van der Waals surface area (Å²) in [5.41, 5.74) is 5.46. The molecule has 1 saturated heterocycles. The molecule has 2 rings (SSSR count). The highest BCUT2D eigenvalue weighted by atomic mass is 79.9. The van der Waals surface area contributed by atoms with E-state index in [4.69, 9.17) is 10.5 Å². The van der Waals surface area contributed by atoms with Crippen molar-refractivity contribution in [2.24, 2.45) is 0 Å². The molecule has 5 nitrogen and oxygen atoms in total. The molecule has 2 atom stereocenters. The molecule has 1 aliphatic rings. The van der Waals surface area contributed by atoms with Crippen LogP contribution < -0.4 is 5.73 Å². The lowest BCUT2D eigenvalue weighted by atomic mass is 9.78. The average Bonchev–Trinajstić information content (AvgIpc) is 2.30. The van der Waals surface area contributed by atoms with Gasteiger partial charge >= 0.3 is 5.97 Å². The summed E-state index contributed by atoms with van der Waals surface area (Å²) in [6.07, 6.45) is 1.12. The molecule has 6 heteroatoms. The molecule has 0 spiro atoms. The number of aliphatic carboxylic acids is 1. The van der Waals surface area contributed by atoms with Gasteiger partial charge in [-0.2, -0.15) is 0 Å². The summed E-state index contributed by atoms with van der Waals surface area (Å²) in [5.74, 6) is -0.915. The highest BCUT2D eigenvalue weighted by Gasteiger charge is 2.47. The Morgan fingerprint density at radius 3 is 2.65 bits per heavy atom. The highest BCUT2D eigenvalue weighted by molar-refractivity contribution is 9.10. The Morgan fingerprint density at radius 1 is 1.45 bits per heavy atom. The minimum Gasteiger partial charge on any atom is -0.479 e. The average molecular weight is 343 g/mol. The lowest BCUT2D eigenvalue weighted by Crippen LogP contribution is -2.51. The van der Waals surface area contributed by atoms with E-state index in [9.17, 15) is 9.90 Å². The maximum absolute atomic E-state index is 11.5. The van der Waals surface area contributed by atoms with E-state index in [0.717, 1.165) is 12.1 Å². The van der Waals surface area contributed by atoms with Crippen LogP contribution in [0.1, 0.15) is 45.2 Å². The second kappa shape index (κ2) is 5.00. The fraction of sp³-hybridized carbons (Fsp3) is 0.571. The van der Waals surface area contributed by atoms with E-state index in [1.807, 2.05) is 19.9 Å². The highest BCUT2D eigenvalue weighted by Crippen LogP contribution is 2.43. The van der Waals surface area contributed by atoms with Gasteiger partial charge in [-0.1, -0.05) is 0 Å². The zero-order chi connectivity index (χ0) is 15.1. The van der Waals surface area contributed by atoms with E-state index in [-0.39, 0.29) is 5.92 Å². The smallest absolute Gasteiger partial charge is 0.335 e. The van der Waals surface area contributed by atoms with Gasteiger partial charge in [-0.05, 0) is 61.7 Å². The summed E-state index contributed by atoms with van der Waals surface area (Å²) in [5, 5.41) is 9.42. The summed E-state index contributed by atoms with van der Waals surface area (Å²) < 4.78 is 6.36. The fourth-order valence-electron chi connectivity index (χ4n) is 2.86. The van der Waals surface area contributed by atoms with Gasteiger partial charge < -0.3 is 15.6 Å². The Morgan fingerprint density at radius 2 is 2.10 bits per heavy atom. The van der Waals surface area contributed by atoms with Crippen molar-refractivity contribution in [3.8, 4) is 0 Å². The number of nitrogens with two attached hydrogens (primary N) is 1. The number of carbonyl (C=O) groups is 1. The molecule has 110 valence electrons. The third kappa shape index (κ3) is 2.96. The van der Waals surface area contributed by atoms with E-state index < -0.39 is 17.2 Å². The number of nitrogens with zero attached hydrogens (tertiary/aromatic N) is 1. The first kappa shape index (κ1) is 15.3. The summed E-state index contributed by atoms with van der Waals surface area (Å²) in [6.45, 7) is 5.44. The second-order valence-corrected chi connectivity index (χ2v) is 6.87. The van der Waals surface area contributed by atoms with Crippen LogP contribution in [0, 0.1) is 0 Å². The molecule has 0 radical (unpaired) electrons. The molecule has 1 aromatic heterocycles. The predicted octanol–water partition coefficient (Wildman–Crippen LogP) is 2.94. The maximum Gasteiger partial charge on any atom is 0.335 e. The van der Waals surface area contributed by atoms with Crippen LogP contribution in [0.5, 0.6) is 0 Å². The monoisotopic (exact) mass is 342 g/mol. The number of rotatable bonds is 2.